The normalized spacial score (nSPS) is 19.1. The molecule has 1 amide bonds. The molecule has 2 aromatic heterocycles. The SMILES string of the molecule is CC(=O)Nc1ncc(CN2CCN(C)[C@H](Cc3ccc(C)nc3)C2)s1. The van der Waals surface area contributed by atoms with Crippen molar-refractivity contribution in [2.45, 2.75) is 32.9 Å². The number of rotatable bonds is 5. The number of amides is 1. The standard InChI is InChI=1S/C18H25N5OS/c1-13-4-5-15(9-19-13)8-16-11-23(7-6-22(16)3)12-17-10-20-18(25-17)21-14(2)24/h4-5,9-10,16H,6-8,11-12H2,1-3H3,(H,20,21,24)/t16-/m1/s1. The smallest absolute Gasteiger partial charge is 0.223 e. The number of aromatic nitrogens is 2. The van der Waals surface area contributed by atoms with Crippen molar-refractivity contribution in [1.82, 2.24) is 19.8 Å². The van der Waals surface area contributed by atoms with Gasteiger partial charge in [-0.1, -0.05) is 6.07 Å². The molecule has 0 unspecified atom stereocenters. The maximum absolute atomic E-state index is 11.1. The molecule has 25 heavy (non-hydrogen) atoms. The lowest BCUT2D eigenvalue weighted by molar-refractivity contribution is -0.114. The fourth-order valence-electron chi connectivity index (χ4n) is 3.08. The van der Waals surface area contributed by atoms with Crippen molar-refractivity contribution in [1.29, 1.82) is 0 Å². The lowest BCUT2D eigenvalue weighted by atomic mass is 10.0. The molecule has 0 radical (unpaired) electrons. The van der Waals surface area contributed by atoms with Crippen molar-refractivity contribution in [2.24, 2.45) is 0 Å². The molecule has 0 aromatic carbocycles. The Balaban J connectivity index is 1.59. The van der Waals surface area contributed by atoms with E-state index >= 15 is 0 Å². The van der Waals surface area contributed by atoms with Gasteiger partial charge in [0, 0.05) is 62.1 Å². The Bertz CT molecular complexity index is 715. The van der Waals surface area contributed by atoms with Gasteiger partial charge in [-0.15, -0.1) is 11.3 Å². The largest absolute Gasteiger partial charge is 0.302 e. The fourth-order valence-corrected chi connectivity index (χ4v) is 3.98. The van der Waals surface area contributed by atoms with E-state index in [0.29, 0.717) is 11.2 Å². The summed E-state index contributed by atoms with van der Waals surface area (Å²) in [6.07, 6.45) is 4.87. The molecule has 1 fully saturated rings. The third kappa shape index (κ3) is 5.07. The molecule has 6 nitrogen and oxygen atoms in total. The molecule has 2 aromatic rings. The highest BCUT2D eigenvalue weighted by molar-refractivity contribution is 7.15. The maximum Gasteiger partial charge on any atom is 0.223 e. The molecule has 0 spiro atoms. The number of carbonyl (C=O) groups excluding carboxylic acids is 1. The van der Waals surface area contributed by atoms with Crippen LogP contribution in [0, 0.1) is 6.92 Å². The lowest BCUT2D eigenvalue weighted by Gasteiger charge is -2.39. The number of hydrogen-bond donors (Lipinski definition) is 1. The highest BCUT2D eigenvalue weighted by atomic mass is 32.1. The van der Waals surface area contributed by atoms with E-state index in [9.17, 15) is 4.79 Å². The number of anilines is 1. The number of carbonyl (C=O) groups is 1. The first-order chi connectivity index (χ1) is 12.0. The Morgan fingerprint density at radius 3 is 2.88 bits per heavy atom. The van der Waals surface area contributed by atoms with Crippen molar-refractivity contribution in [3.05, 3.63) is 40.7 Å². The highest BCUT2D eigenvalue weighted by Gasteiger charge is 2.25. The van der Waals surface area contributed by atoms with E-state index in [1.807, 2.05) is 19.3 Å². The Labute approximate surface area is 152 Å². The van der Waals surface area contributed by atoms with Crippen LogP contribution in [0.4, 0.5) is 5.13 Å². The first-order valence-corrected chi connectivity index (χ1v) is 9.37. The third-order valence-electron chi connectivity index (χ3n) is 4.52. The molecule has 1 atom stereocenters. The quantitative estimate of drug-likeness (QED) is 0.886. The molecule has 0 aliphatic carbocycles. The van der Waals surface area contributed by atoms with Gasteiger partial charge in [0.05, 0.1) is 0 Å². The lowest BCUT2D eigenvalue weighted by Crippen LogP contribution is -2.51. The van der Waals surface area contributed by atoms with E-state index in [1.165, 1.54) is 17.4 Å². The summed E-state index contributed by atoms with van der Waals surface area (Å²) in [5.41, 5.74) is 2.34. The van der Waals surface area contributed by atoms with Gasteiger partial charge in [-0.05, 0) is 32.0 Å². The molecular weight excluding hydrogens is 334 g/mol. The molecule has 3 rings (SSSR count). The van der Waals surface area contributed by atoms with Crippen LogP contribution in [0.5, 0.6) is 0 Å². The summed E-state index contributed by atoms with van der Waals surface area (Å²) < 4.78 is 0. The van der Waals surface area contributed by atoms with Gasteiger partial charge < -0.3 is 10.2 Å². The zero-order valence-electron chi connectivity index (χ0n) is 15.0. The summed E-state index contributed by atoms with van der Waals surface area (Å²) in [4.78, 5) is 25.9. The number of nitrogens with one attached hydrogen (secondary N) is 1. The Morgan fingerprint density at radius 1 is 1.32 bits per heavy atom. The van der Waals surface area contributed by atoms with E-state index < -0.39 is 0 Å². The molecule has 1 aliphatic heterocycles. The summed E-state index contributed by atoms with van der Waals surface area (Å²) in [6, 6.07) is 4.75. The average Bonchev–Trinajstić information content (AvgIpc) is 2.99. The molecule has 134 valence electrons. The van der Waals surface area contributed by atoms with E-state index in [4.69, 9.17) is 0 Å². The summed E-state index contributed by atoms with van der Waals surface area (Å²) >= 11 is 1.55. The summed E-state index contributed by atoms with van der Waals surface area (Å²) in [7, 11) is 2.20. The molecule has 0 saturated carbocycles. The first kappa shape index (κ1) is 18.0. The number of pyridine rings is 1. The minimum atomic E-state index is -0.0766. The van der Waals surface area contributed by atoms with Crippen LogP contribution in [0.2, 0.25) is 0 Å². The Morgan fingerprint density at radius 2 is 2.16 bits per heavy atom. The molecule has 3 heterocycles. The highest BCUT2D eigenvalue weighted by Crippen LogP contribution is 2.22. The van der Waals surface area contributed by atoms with Crippen molar-refractivity contribution >= 4 is 22.4 Å². The van der Waals surface area contributed by atoms with Gasteiger partial charge in [0.2, 0.25) is 5.91 Å². The van der Waals surface area contributed by atoms with Gasteiger partial charge in [-0.2, -0.15) is 0 Å². The minimum absolute atomic E-state index is 0.0766. The Kier molecular flexibility index (Phi) is 5.78. The second-order valence-electron chi connectivity index (χ2n) is 6.69. The second-order valence-corrected chi connectivity index (χ2v) is 7.81. The summed E-state index contributed by atoms with van der Waals surface area (Å²) in [5, 5.41) is 3.43. The predicted molar refractivity (Wildman–Crippen MR) is 101 cm³/mol. The van der Waals surface area contributed by atoms with Gasteiger partial charge >= 0.3 is 0 Å². The van der Waals surface area contributed by atoms with Crippen molar-refractivity contribution < 1.29 is 4.79 Å². The van der Waals surface area contributed by atoms with Crippen LogP contribution in [-0.2, 0) is 17.8 Å². The van der Waals surface area contributed by atoms with Crippen LogP contribution in [0.3, 0.4) is 0 Å². The number of hydrogen-bond acceptors (Lipinski definition) is 6. The summed E-state index contributed by atoms with van der Waals surface area (Å²) in [6.45, 7) is 7.54. The zero-order valence-corrected chi connectivity index (χ0v) is 15.8. The van der Waals surface area contributed by atoms with E-state index in [1.54, 1.807) is 11.3 Å². The molecular formula is C18H25N5OS. The maximum atomic E-state index is 11.1. The fraction of sp³-hybridized carbons (Fsp3) is 0.500. The van der Waals surface area contributed by atoms with Gasteiger partial charge in [0.25, 0.3) is 0 Å². The molecule has 1 N–H and O–H groups in total. The number of nitrogens with zero attached hydrogens (tertiary/aromatic N) is 4. The van der Waals surface area contributed by atoms with E-state index in [0.717, 1.165) is 38.3 Å². The van der Waals surface area contributed by atoms with E-state index in [-0.39, 0.29) is 5.91 Å². The van der Waals surface area contributed by atoms with Crippen LogP contribution in [0.1, 0.15) is 23.1 Å². The van der Waals surface area contributed by atoms with Crippen molar-refractivity contribution in [3.63, 3.8) is 0 Å². The number of likely N-dealkylation sites (N-methyl/N-ethyl adjacent to an activating group) is 1. The van der Waals surface area contributed by atoms with Crippen LogP contribution in [0.15, 0.2) is 24.5 Å². The van der Waals surface area contributed by atoms with E-state index in [2.05, 4.69) is 44.3 Å². The van der Waals surface area contributed by atoms with Gasteiger partial charge in [0.1, 0.15) is 0 Å². The molecule has 0 bridgehead atoms. The number of piperazine rings is 1. The third-order valence-corrected chi connectivity index (χ3v) is 5.42. The number of aryl methyl sites for hydroxylation is 1. The van der Waals surface area contributed by atoms with Crippen LogP contribution in [0.25, 0.3) is 0 Å². The topological polar surface area (TPSA) is 61.4 Å². The van der Waals surface area contributed by atoms with Crippen LogP contribution >= 0.6 is 11.3 Å². The average molecular weight is 359 g/mol. The van der Waals surface area contributed by atoms with Gasteiger partial charge in [-0.25, -0.2) is 4.98 Å². The summed E-state index contributed by atoms with van der Waals surface area (Å²) in [5.74, 6) is -0.0766. The Hall–Kier alpha value is -1.83. The first-order valence-electron chi connectivity index (χ1n) is 8.56. The zero-order chi connectivity index (χ0) is 17.8. The van der Waals surface area contributed by atoms with Gasteiger partial charge in [-0.3, -0.25) is 14.7 Å². The number of thiazole rings is 1. The van der Waals surface area contributed by atoms with Crippen LogP contribution in [-0.4, -0.2) is 58.4 Å². The second kappa shape index (κ2) is 8.03. The minimum Gasteiger partial charge on any atom is -0.302 e. The molecule has 1 aliphatic rings. The molecule has 7 heteroatoms. The molecule has 1 saturated heterocycles. The predicted octanol–water partition coefficient (Wildman–Crippen LogP) is 2.16. The van der Waals surface area contributed by atoms with Crippen molar-refractivity contribution in [2.75, 3.05) is 32.0 Å². The van der Waals surface area contributed by atoms with Crippen molar-refractivity contribution in [3.8, 4) is 0 Å². The van der Waals surface area contributed by atoms with Gasteiger partial charge in [0.15, 0.2) is 5.13 Å². The van der Waals surface area contributed by atoms with Crippen LogP contribution < -0.4 is 5.32 Å². The monoisotopic (exact) mass is 359 g/mol.